The lowest BCUT2D eigenvalue weighted by atomic mass is 9.96. The molecule has 0 unspecified atom stereocenters. The molecule has 1 aromatic rings. The molecule has 18 heavy (non-hydrogen) atoms. The van der Waals surface area contributed by atoms with Gasteiger partial charge >= 0.3 is 0 Å². The molecule has 0 amide bonds. The minimum absolute atomic E-state index is 0.519. The molecule has 2 heterocycles. The molecule has 1 saturated heterocycles. The molecule has 0 spiro atoms. The van der Waals surface area contributed by atoms with Crippen LogP contribution >= 0.6 is 0 Å². The molecule has 2 N–H and O–H groups in total. The second kappa shape index (κ2) is 6.16. The minimum atomic E-state index is 0.519. The molecule has 1 aliphatic heterocycles. The third-order valence-corrected chi connectivity index (χ3v) is 3.61. The van der Waals surface area contributed by atoms with E-state index < -0.39 is 0 Å². The number of pyridine rings is 1. The Kier molecular flexibility index (Phi) is 4.55. The summed E-state index contributed by atoms with van der Waals surface area (Å²) in [5.74, 6) is 0.840. The zero-order valence-corrected chi connectivity index (χ0v) is 11.5. The van der Waals surface area contributed by atoms with Gasteiger partial charge in [-0.2, -0.15) is 0 Å². The molecule has 100 valence electrons. The quantitative estimate of drug-likeness (QED) is 0.873. The van der Waals surface area contributed by atoms with Crippen molar-refractivity contribution in [3.05, 3.63) is 24.0 Å². The highest BCUT2D eigenvalue weighted by atomic mass is 15.1. The molecule has 2 rings (SSSR count). The Balaban J connectivity index is 1.92. The van der Waals surface area contributed by atoms with Crippen molar-refractivity contribution in [3.8, 4) is 0 Å². The van der Waals surface area contributed by atoms with Crippen molar-refractivity contribution in [1.82, 2.24) is 9.88 Å². The molecular weight excluding hydrogens is 224 g/mol. The van der Waals surface area contributed by atoms with Crippen LogP contribution < -0.4 is 10.6 Å². The molecule has 1 aromatic heterocycles. The maximum Gasteiger partial charge on any atom is 0.0560 e. The van der Waals surface area contributed by atoms with Crippen LogP contribution in [0.1, 0.15) is 18.5 Å². The molecule has 0 atom stereocenters. The Bertz CT molecular complexity index is 370. The van der Waals surface area contributed by atoms with E-state index in [1.807, 2.05) is 6.20 Å². The normalized spacial score (nSPS) is 17.4. The lowest BCUT2D eigenvalue weighted by molar-refractivity contribution is 0.285. The van der Waals surface area contributed by atoms with Gasteiger partial charge in [-0.15, -0.1) is 0 Å². The molecule has 0 radical (unpaired) electrons. The summed E-state index contributed by atoms with van der Waals surface area (Å²) in [5, 5.41) is 0. The van der Waals surface area contributed by atoms with E-state index in [9.17, 15) is 0 Å². The smallest absolute Gasteiger partial charge is 0.0560 e. The van der Waals surface area contributed by atoms with Crippen molar-refractivity contribution in [2.24, 2.45) is 11.7 Å². The molecule has 0 bridgehead atoms. The van der Waals surface area contributed by atoms with Crippen molar-refractivity contribution in [3.63, 3.8) is 0 Å². The van der Waals surface area contributed by atoms with Gasteiger partial charge in [0.15, 0.2) is 0 Å². The van der Waals surface area contributed by atoms with Crippen LogP contribution in [0.15, 0.2) is 18.3 Å². The fraction of sp³-hybridized carbons (Fsp3) is 0.643. The molecule has 0 aliphatic carbocycles. The maximum absolute atomic E-state index is 5.64. The zero-order chi connectivity index (χ0) is 13.0. The first kappa shape index (κ1) is 13.3. The van der Waals surface area contributed by atoms with Crippen molar-refractivity contribution in [1.29, 1.82) is 0 Å². The summed E-state index contributed by atoms with van der Waals surface area (Å²) >= 11 is 0. The SMILES string of the molecule is CN(C)CC1CCN(c2ccnc(CN)c2)CC1. The van der Waals surface area contributed by atoms with Gasteiger partial charge < -0.3 is 15.5 Å². The van der Waals surface area contributed by atoms with E-state index in [-0.39, 0.29) is 0 Å². The first-order valence-corrected chi connectivity index (χ1v) is 6.73. The van der Waals surface area contributed by atoms with E-state index in [1.165, 1.54) is 25.1 Å². The van der Waals surface area contributed by atoms with Gasteiger partial charge in [0.05, 0.1) is 5.69 Å². The summed E-state index contributed by atoms with van der Waals surface area (Å²) in [6.07, 6.45) is 4.42. The predicted octanol–water partition coefficient (Wildman–Crippen LogP) is 1.32. The predicted molar refractivity (Wildman–Crippen MR) is 75.6 cm³/mol. The number of aromatic nitrogens is 1. The lowest BCUT2D eigenvalue weighted by Gasteiger charge is -2.34. The first-order chi connectivity index (χ1) is 8.69. The molecule has 1 aliphatic rings. The Hall–Kier alpha value is -1.13. The number of nitrogens with zero attached hydrogens (tertiary/aromatic N) is 3. The van der Waals surface area contributed by atoms with E-state index in [2.05, 4.69) is 41.0 Å². The third-order valence-electron chi connectivity index (χ3n) is 3.61. The number of piperidine rings is 1. The number of rotatable bonds is 4. The summed E-state index contributed by atoms with van der Waals surface area (Å²) in [7, 11) is 4.31. The van der Waals surface area contributed by atoms with Crippen LogP contribution in [0.4, 0.5) is 5.69 Å². The van der Waals surface area contributed by atoms with E-state index >= 15 is 0 Å². The van der Waals surface area contributed by atoms with Crippen LogP contribution in [0.25, 0.3) is 0 Å². The van der Waals surface area contributed by atoms with Gasteiger partial charge in [0, 0.05) is 38.1 Å². The van der Waals surface area contributed by atoms with Gasteiger partial charge in [-0.25, -0.2) is 0 Å². The fourth-order valence-corrected chi connectivity index (χ4v) is 2.66. The van der Waals surface area contributed by atoms with Gasteiger partial charge in [-0.1, -0.05) is 0 Å². The van der Waals surface area contributed by atoms with Crippen LogP contribution in [-0.2, 0) is 6.54 Å². The Morgan fingerprint density at radius 1 is 1.39 bits per heavy atom. The number of hydrogen-bond acceptors (Lipinski definition) is 4. The average molecular weight is 248 g/mol. The monoisotopic (exact) mass is 248 g/mol. The highest BCUT2D eigenvalue weighted by Crippen LogP contribution is 2.23. The van der Waals surface area contributed by atoms with E-state index in [4.69, 9.17) is 5.73 Å². The van der Waals surface area contributed by atoms with Gasteiger partial charge in [0.25, 0.3) is 0 Å². The van der Waals surface area contributed by atoms with Gasteiger partial charge in [0.2, 0.25) is 0 Å². The molecule has 4 heteroatoms. The first-order valence-electron chi connectivity index (χ1n) is 6.73. The van der Waals surface area contributed by atoms with Gasteiger partial charge in [-0.3, -0.25) is 4.98 Å². The highest BCUT2D eigenvalue weighted by Gasteiger charge is 2.19. The lowest BCUT2D eigenvalue weighted by Crippen LogP contribution is -2.37. The molecule has 1 fully saturated rings. The second-order valence-corrected chi connectivity index (χ2v) is 5.40. The summed E-state index contributed by atoms with van der Waals surface area (Å²) < 4.78 is 0. The Labute approximate surface area is 110 Å². The number of hydrogen-bond donors (Lipinski definition) is 1. The molecular formula is C14H24N4. The van der Waals surface area contributed by atoms with Crippen LogP contribution in [0.5, 0.6) is 0 Å². The average Bonchev–Trinajstić information content (AvgIpc) is 2.39. The van der Waals surface area contributed by atoms with Crippen LogP contribution in [0.2, 0.25) is 0 Å². The largest absolute Gasteiger partial charge is 0.371 e. The van der Waals surface area contributed by atoms with Crippen LogP contribution in [0.3, 0.4) is 0 Å². The van der Waals surface area contributed by atoms with E-state index in [0.717, 1.165) is 24.7 Å². The van der Waals surface area contributed by atoms with Crippen molar-refractivity contribution < 1.29 is 0 Å². The summed E-state index contributed by atoms with van der Waals surface area (Å²) in [6.45, 7) is 4.02. The van der Waals surface area contributed by atoms with E-state index in [0.29, 0.717) is 6.54 Å². The van der Waals surface area contributed by atoms with Gasteiger partial charge in [0.1, 0.15) is 0 Å². The summed E-state index contributed by atoms with van der Waals surface area (Å²) in [5.41, 5.74) is 7.89. The highest BCUT2D eigenvalue weighted by molar-refractivity contribution is 5.46. The minimum Gasteiger partial charge on any atom is -0.371 e. The van der Waals surface area contributed by atoms with Crippen molar-refractivity contribution >= 4 is 5.69 Å². The maximum atomic E-state index is 5.64. The third kappa shape index (κ3) is 3.43. The molecule has 0 aromatic carbocycles. The van der Waals surface area contributed by atoms with Gasteiger partial charge in [-0.05, 0) is 45.0 Å². The van der Waals surface area contributed by atoms with Crippen LogP contribution in [0, 0.1) is 5.92 Å². The number of nitrogens with two attached hydrogens (primary N) is 1. The second-order valence-electron chi connectivity index (χ2n) is 5.40. The molecule has 4 nitrogen and oxygen atoms in total. The molecule has 0 saturated carbocycles. The van der Waals surface area contributed by atoms with Crippen molar-refractivity contribution in [2.75, 3.05) is 38.6 Å². The fourth-order valence-electron chi connectivity index (χ4n) is 2.66. The van der Waals surface area contributed by atoms with E-state index in [1.54, 1.807) is 0 Å². The standard InChI is InChI=1S/C14H24N4/c1-17(2)11-12-4-7-18(8-5-12)14-3-6-16-13(9-14)10-15/h3,6,9,12H,4-5,7-8,10-11,15H2,1-2H3. The zero-order valence-electron chi connectivity index (χ0n) is 11.5. The van der Waals surface area contributed by atoms with Crippen LogP contribution in [-0.4, -0.2) is 43.6 Å². The summed E-state index contributed by atoms with van der Waals surface area (Å²) in [4.78, 5) is 8.99. The van der Waals surface area contributed by atoms with Crippen molar-refractivity contribution in [2.45, 2.75) is 19.4 Å². The topological polar surface area (TPSA) is 45.4 Å². The Morgan fingerprint density at radius 3 is 2.72 bits per heavy atom. The summed E-state index contributed by atoms with van der Waals surface area (Å²) in [6, 6.07) is 4.21. The number of anilines is 1. The Morgan fingerprint density at radius 2 is 2.11 bits per heavy atom.